The first-order valence-electron chi connectivity index (χ1n) is 12.0. The Kier molecular flexibility index (Phi) is 5.96. The molecule has 3 heterocycles. The molecule has 3 aromatic rings. The number of phenolic OH excluding ortho intramolecular Hbond substituents is 1. The Morgan fingerprint density at radius 3 is 2.69 bits per heavy atom. The molecule has 9 nitrogen and oxygen atoms in total. The van der Waals surface area contributed by atoms with Crippen molar-refractivity contribution in [1.29, 1.82) is 0 Å². The quantitative estimate of drug-likeness (QED) is 0.474. The molecule has 1 amide bonds. The van der Waals surface area contributed by atoms with Gasteiger partial charge in [-0.2, -0.15) is 0 Å². The van der Waals surface area contributed by atoms with Gasteiger partial charge in [0.05, 0.1) is 22.3 Å². The molecule has 9 heteroatoms. The molecule has 0 bridgehead atoms. The summed E-state index contributed by atoms with van der Waals surface area (Å²) in [5, 5.41) is 30.5. The van der Waals surface area contributed by atoms with Gasteiger partial charge in [-0.1, -0.05) is 18.2 Å². The lowest BCUT2D eigenvalue weighted by atomic mass is 10.1. The Morgan fingerprint density at radius 1 is 1.17 bits per heavy atom. The van der Waals surface area contributed by atoms with Crippen LogP contribution in [0, 0.1) is 0 Å². The second-order valence-electron chi connectivity index (χ2n) is 10.2. The van der Waals surface area contributed by atoms with E-state index in [-0.39, 0.29) is 29.4 Å². The van der Waals surface area contributed by atoms with Crippen molar-refractivity contribution in [3.8, 4) is 11.5 Å². The summed E-state index contributed by atoms with van der Waals surface area (Å²) >= 11 is 0. The SMILES string of the molecule is C[C@H]1CN(C(=O)OC(C)(C)C)CCN1Cc1c(O)ccc2c(O)c(C=C3N=Nc4ccccc43)oc12. The van der Waals surface area contributed by atoms with Crippen LogP contribution >= 0.6 is 0 Å². The van der Waals surface area contributed by atoms with Gasteiger partial charge in [-0.05, 0) is 45.9 Å². The number of rotatable bonds is 3. The van der Waals surface area contributed by atoms with E-state index in [0.717, 1.165) is 11.3 Å². The highest BCUT2D eigenvalue weighted by Crippen LogP contribution is 2.42. The van der Waals surface area contributed by atoms with Crippen molar-refractivity contribution in [2.24, 2.45) is 10.2 Å². The van der Waals surface area contributed by atoms with Crippen LogP contribution in [0.5, 0.6) is 11.5 Å². The number of hydrogen-bond acceptors (Lipinski definition) is 8. The number of carbonyl (C=O) groups excluding carboxylic acids is 1. The van der Waals surface area contributed by atoms with E-state index in [2.05, 4.69) is 15.1 Å². The summed E-state index contributed by atoms with van der Waals surface area (Å²) in [7, 11) is 0. The molecular weight excluding hydrogens is 460 g/mol. The molecule has 2 aliphatic rings. The first kappa shape index (κ1) is 23.9. The van der Waals surface area contributed by atoms with Gasteiger partial charge in [-0.25, -0.2) is 4.79 Å². The van der Waals surface area contributed by atoms with E-state index in [1.54, 1.807) is 23.1 Å². The number of piperazine rings is 1. The van der Waals surface area contributed by atoms with Gasteiger partial charge in [0.2, 0.25) is 0 Å². The maximum Gasteiger partial charge on any atom is 0.410 e. The zero-order chi connectivity index (χ0) is 25.6. The summed E-state index contributed by atoms with van der Waals surface area (Å²) in [6, 6.07) is 10.8. The lowest BCUT2D eigenvalue weighted by molar-refractivity contribution is 0.00451. The van der Waals surface area contributed by atoms with Crippen molar-refractivity contribution >= 4 is 34.5 Å². The van der Waals surface area contributed by atoms with Crippen molar-refractivity contribution in [3.05, 3.63) is 53.3 Å². The van der Waals surface area contributed by atoms with E-state index in [1.165, 1.54) is 0 Å². The molecule has 0 saturated carbocycles. The number of carbonyl (C=O) groups is 1. The summed E-state index contributed by atoms with van der Waals surface area (Å²) in [5.41, 5.74) is 2.67. The lowest BCUT2D eigenvalue weighted by Crippen LogP contribution is -2.54. The molecule has 2 aliphatic heterocycles. The Balaban J connectivity index is 1.39. The summed E-state index contributed by atoms with van der Waals surface area (Å²) in [6.45, 7) is 9.63. The van der Waals surface area contributed by atoms with Crippen molar-refractivity contribution in [2.45, 2.75) is 45.9 Å². The van der Waals surface area contributed by atoms with Gasteiger partial charge < -0.3 is 24.3 Å². The van der Waals surface area contributed by atoms with Crippen LogP contribution in [0.3, 0.4) is 0 Å². The summed E-state index contributed by atoms with van der Waals surface area (Å²) in [6.07, 6.45) is 1.34. The van der Waals surface area contributed by atoms with Crippen molar-refractivity contribution in [3.63, 3.8) is 0 Å². The van der Waals surface area contributed by atoms with E-state index >= 15 is 0 Å². The maximum absolute atomic E-state index is 12.5. The van der Waals surface area contributed by atoms with E-state index in [0.29, 0.717) is 48.4 Å². The fourth-order valence-electron chi connectivity index (χ4n) is 4.56. The van der Waals surface area contributed by atoms with E-state index in [9.17, 15) is 15.0 Å². The predicted molar refractivity (Wildman–Crippen MR) is 136 cm³/mol. The number of fused-ring (bicyclic) bond motifs is 2. The molecule has 36 heavy (non-hydrogen) atoms. The highest BCUT2D eigenvalue weighted by Gasteiger charge is 2.31. The minimum absolute atomic E-state index is 0.0128. The highest BCUT2D eigenvalue weighted by molar-refractivity contribution is 5.95. The zero-order valence-electron chi connectivity index (χ0n) is 20.9. The number of nitrogens with zero attached hydrogens (tertiary/aromatic N) is 4. The van der Waals surface area contributed by atoms with Gasteiger partial charge in [0.1, 0.15) is 16.9 Å². The van der Waals surface area contributed by atoms with Crippen LogP contribution in [0.4, 0.5) is 10.5 Å². The summed E-state index contributed by atoms with van der Waals surface area (Å²) < 4.78 is 11.6. The molecule has 5 rings (SSSR count). The molecule has 2 N–H and O–H groups in total. The number of furan rings is 1. The molecule has 1 atom stereocenters. The zero-order valence-corrected chi connectivity index (χ0v) is 20.9. The van der Waals surface area contributed by atoms with Crippen LogP contribution in [0.25, 0.3) is 22.7 Å². The van der Waals surface area contributed by atoms with Crippen molar-refractivity contribution < 1.29 is 24.2 Å². The normalized spacial score (nSPS) is 19.3. The third-order valence-corrected chi connectivity index (χ3v) is 6.43. The van der Waals surface area contributed by atoms with Crippen LogP contribution in [0.15, 0.2) is 51.0 Å². The molecule has 0 radical (unpaired) electrons. The van der Waals surface area contributed by atoms with Crippen LogP contribution < -0.4 is 0 Å². The number of aromatic hydroxyl groups is 2. The summed E-state index contributed by atoms with van der Waals surface area (Å²) in [5.74, 6) is 0.328. The molecule has 1 saturated heterocycles. The largest absolute Gasteiger partial charge is 0.507 e. The average molecular weight is 491 g/mol. The van der Waals surface area contributed by atoms with Gasteiger partial charge in [-0.15, -0.1) is 10.2 Å². The number of amides is 1. The third kappa shape index (κ3) is 4.54. The molecule has 188 valence electrons. The summed E-state index contributed by atoms with van der Waals surface area (Å²) in [4.78, 5) is 16.4. The van der Waals surface area contributed by atoms with E-state index in [1.807, 2.05) is 52.0 Å². The molecule has 1 fully saturated rings. The Morgan fingerprint density at radius 2 is 1.94 bits per heavy atom. The van der Waals surface area contributed by atoms with Gasteiger partial charge >= 0.3 is 6.09 Å². The molecule has 0 unspecified atom stereocenters. The third-order valence-electron chi connectivity index (χ3n) is 6.43. The fourth-order valence-corrected chi connectivity index (χ4v) is 4.56. The Labute approximate surface area is 209 Å². The second-order valence-corrected chi connectivity index (χ2v) is 10.2. The fraction of sp³-hybridized carbons (Fsp3) is 0.370. The van der Waals surface area contributed by atoms with Crippen LogP contribution in [0.2, 0.25) is 0 Å². The number of azo groups is 1. The van der Waals surface area contributed by atoms with Crippen LogP contribution in [0.1, 0.15) is 44.6 Å². The van der Waals surface area contributed by atoms with E-state index in [4.69, 9.17) is 9.15 Å². The molecular formula is C27H30N4O5. The lowest BCUT2D eigenvalue weighted by Gasteiger charge is -2.40. The van der Waals surface area contributed by atoms with Crippen molar-refractivity contribution in [1.82, 2.24) is 9.80 Å². The van der Waals surface area contributed by atoms with E-state index < -0.39 is 5.60 Å². The van der Waals surface area contributed by atoms with Gasteiger partial charge in [0.25, 0.3) is 0 Å². The maximum atomic E-state index is 12.5. The minimum atomic E-state index is -0.546. The minimum Gasteiger partial charge on any atom is -0.507 e. The second kappa shape index (κ2) is 8.98. The van der Waals surface area contributed by atoms with Crippen LogP contribution in [-0.4, -0.2) is 57.4 Å². The smallest absolute Gasteiger partial charge is 0.410 e. The highest BCUT2D eigenvalue weighted by atomic mass is 16.6. The standard InChI is InChI=1S/C27H30N4O5/c1-16-14-31(26(34)36-27(2,3)4)12-11-30(16)15-19-22(32)10-9-18-24(33)23(35-25(18)19)13-21-17-7-5-6-8-20(17)28-29-21/h5-10,13,16,32-33H,11-12,14-15H2,1-4H3/t16-/m0/s1. The van der Waals surface area contributed by atoms with Crippen molar-refractivity contribution in [2.75, 3.05) is 19.6 Å². The van der Waals surface area contributed by atoms with Gasteiger partial charge in [0.15, 0.2) is 11.5 Å². The Bertz CT molecular complexity index is 1380. The van der Waals surface area contributed by atoms with Crippen LogP contribution in [-0.2, 0) is 11.3 Å². The average Bonchev–Trinajstić information content (AvgIpc) is 3.37. The number of hydrogen-bond donors (Lipinski definition) is 2. The monoisotopic (exact) mass is 490 g/mol. The topological polar surface area (TPSA) is 111 Å². The number of ether oxygens (including phenoxy) is 1. The molecule has 0 aliphatic carbocycles. The number of benzene rings is 2. The first-order chi connectivity index (χ1) is 17.1. The van der Waals surface area contributed by atoms with Gasteiger partial charge in [0, 0.05) is 43.9 Å². The molecule has 0 spiro atoms. The molecule has 1 aromatic heterocycles. The number of phenols is 1. The molecule has 2 aromatic carbocycles. The predicted octanol–water partition coefficient (Wildman–Crippen LogP) is 5.88. The Hall–Kier alpha value is -3.85. The first-order valence-corrected chi connectivity index (χ1v) is 12.0. The van der Waals surface area contributed by atoms with Gasteiger partial charge in [-0.3, -0.25) is 4.90 Å².